The van der Waals surface area contributed by atoms with E-state index in [-0.39, 0.29) is 5.82 Å². The van der Waals surface area contributed by atoms with Crippen molar-refractivity contribution in [2.45, 2.75) is 0 Å². The number of nitrogens with zero attached hydrogens (tertiary/aromatic N) is 2. The lowest BCUT2D eigenvalue weighted by Gasteiger charge is -2.02. The third-order valence-corrected chi connectivity index (χ3v) is 5.04. The number of hydrogen-bond acceptors (Lipinski definition) is 6. The van der Waals surface area contributed by atoms with E-state index in [1.807, 2.05) is 18.2 Å². The van der Waals surface area contributed by atoms with Crippen molar-refractivity contribution in [2.75, 3.05) is 5.32 Å². The van der Waals surface area contributed by atoms with Crippen molar-refractivity contribution < 1.29 is 8.81 Å². The summed E-state index contributed by atoms with van der Waals surface area (Å²) in [6, 6.07) is 12.0. The minimum absolute atomic E-state index is 0.293. The molecule has 0 amide bonds. The van der Waals surface area contributed by atoms with Gasteiger partial charge in [0.1, 0.15) is 17.3 Å². The molecule has 0 saturated heterocycles. The molecule has 2 aromatic carbocycles. The fourth-order valence-electron chi connectivity index (χ4n) is 2.79. The number of fused-ring (bicyclic) bond motifs is 1. The minimum Gasteiger partial charge on any atom is -0.443 e. The van der Waals surface area contributed by atoms with Crippen molar-refractivity contribution in [3.05, 3.63) is 91.4 Å². The number of rotatable bonds is 6. The zero-order chi connectivity index (χ0) is 20.2. The summed E-state index contributed by atoms with van der Waals surface area (Å²) in [5, 5.41) is 3.77. The van der Waals surface area contributed by atoms with Gasteiger partial charge in [-0.1, -0.05) is 36.1 Å². The molecule has 0 fully saturated rings. The second kappa shape index (κ2) is 8.12. The Balaban J connectivity index is 1.64. The van der Waals surface area contributed by atoms with E-state index in [1.165, 1.54) is 29.9 Å². The number of anilines is 1. The van der Waals surface area contributed by atoms with Crippen LogP contribution in [-0.4, -0.2) is 9.97 Å². The number of aromatic nitrogens is 2. The highest BCUT2D eigenvalue weighted by atomic mass is 32.1. The van der Waals surface area contributed by atoms with Gasteiger partial charge in [-0.05, 0) is 48.5 Å². The largest absolute Gasteiger partial charge is 0.443 e. The highest BCUT2D eigenvalue weighted by Crippen LogP contribution is 2.35. The zero-order valence-corrected chi connectivity index (χ0v) is 16.1. The van der Waals surface area contributed by atoms with Gasteiger partial charge in [0, 0.05) is 11.1 Å². The smallest absolute Gasteiger partial charge is 0.189 e. The van der Waals surface area contributed by atoms with Crippen molar-refractivity contribution in [1.82, 2.24) is 9.97 Å². The number of allylic oxidation sites excluding steroid dienone is 4. The van der Waals surface area contributed by atoms with E-state index in [1.54, 1.807) is 36.4 Å². The van der Waals surface area contributed by atoms with Crippen LogP contribution in [0.5, 0.6) is 0 Å². The fourth-order valence-corrected chi connectivity index (χ4v) is 3.71. The molecule has 4 rings (SSSR count). The van der Waals surface area contributed by atoms with Gasteiger partial charge in [0.2, 0.25) is 0 Å². The number of nitrogens with one attached hydrogen (secondary N) is 1. The molecule has 5 nitrogen and oxygen atoms in total. The SMILES string of the molecule is C=C/C=C\C=C(/N)Nc1nc2ccc(-c3ocnc3-c3ccc(F)cc3)cc2s1. The first-order valence-electron chi connectivity index (χ1n) is 8.76. The summed E-state index contributed by atoms with van der Waals surface area (Å²) >= 11 is 1.48. The Bertz CT molecular complexity index is 1220. The van der Waals surface area contributed by atoms with Crippen LogP contribution in [0.3, 0.4) is 0 Å². The molecule has 0 radical (unpaired) electrons. The van der Waals surface area contributed by atoms with Crippen LogP contribution in [-0.2, 0) is 0 Å². The molecule has 0 atom stereocenters. The van der Waals surface area contributed by atoms with Gasteiger partial charge < -0.3 is 15.5 Å². The number of halogens is 1. The highest BCUT2D eigenvalue weighted by molar-refractivity contribution is 7.22. The molecule has 144 valence electrons. The molecule has 7 heteroatoms. The van der Waals surface area contributed by atoms with E-state index in [2.05, 4.69) is 21.9 Å². The molecule has 0 aliphatic carbocycles. The minimum atomic E-state index is -0.293. The molecule has 0 bridgehead atoms. The third-order valence-electron chi connectivity index (χ3n) is 4.11. The van der Waals surface area contributed by atoms with Crippen molar-refractivity contribution in [1.29, 1.82) is 0 Å². The Kier molecular flexibility index (Phi) is 5.22. The summed E-state index contributed by atoms with van der Waals surface area (Å²) in [5.41, 5.74) is 9.11. The molecular formula is C22H17FN4OS. The number of benzene rings is 2. The Morgan fingerprint density at radius 3 is 2.72 bits per heavy atom. The van der Waals surface area contributed by atoms with E-state index in [9.17, 15) is 4.39 Å². The molecule has 3 N–H and O–H groups in total. The topological polar surface area (TPSA) is 77.0 Å². The van der Waals surface area contributed by atoms with Crippen LogP contribution >= 0.6 is 11.3 Å². The number of nitrogens with two attached hydrogens (primary N) is 1. The Morgan fingerprint density at radius 2 is 1.93 bits per heavy atom. The monoisotopic (exact) mass is 404 g/mol. The molecule has 0 aliphatic rings. The van der Waals surface area contributed by atoms with Gasteiger partial charge in [0.05, 0.1) is 10.2 Å². The lowest BCUT2D eigenvalue weighted by molar-refractivity contribution is 0.572. The van der Waals surface area contributed by atoms with Gasteiger partial charge in [0.25, 0.3) is 0 Å². The van der Waals surface area contributed by atoms with Gasteiger partial charge >= 0.3 is 0 Å². The highest BCUT2D eigenvalue weighted by Gasteiger charge is 2.15. The van der Waals surface area contributed by atoms with E-state index in [0.29, 0.717) is 22.4 Å². The van der Waals surface area contributed by atoms with Crippen LogP contribution in [0.25, 0.3) is 32.8 Å². The molecular weight excluding hydrogens is 387 g/mol. The second-order valence-corrected chi connectivity index (χ2v) is 7.14. The van der Waals surface area contributed by atoms with Crippen LogP contribution in [0.1, 0.15) is 0 Å². The standard InChI is InChI=1S/C22H17FN4OS/c1-2-3-4-5-19(24)27-22-26-17-11-8-15(12-18(17)29-22)21-20(25-13-28-21)14-6-9-16(23)10-7-14/h2-13H,1,24H2,(H,26,27)/b4-3-,19-5+. The van der Waals surface area contributed by atoms with Crippen LogP contribution in [0.2, 0.25) is 0 Å². The maximum absolute atomic E-state index is 13.2. The molecule has 0 unspecified atom stereocenters. The predicted octanol–water partition coefficient (Wildman–Crippen LogP) is 5.71. The first kappa shape index (κ1) is 18.6. The van der Waals surface area contributed by atoms with Crippen molar-refractivity contribution in [3.63, 3.8) is 0 Å². The maximum atomic E-state index is 13.2. The average molecular weight is 404 g/mol. The summed E-state index contributed by atoms with van der Waals surface area (Å²) in [6.07, 6.45) is 8.38. The van der Waals surface area contributed by atoms with Gasteiger partial charge in [-0.3, -0.25) is 0 Å². The summed E-state index contributed by atoms with van der Waals surface area (Å²) in [7, 11) is 0. The van der Waals surface area contributed by atoms with Crippen LogP contribution in [0, 0.1) is 5.82 Å². The first-order valence-corrected chi connectivity index (χ1v) is 9.58. The van der Waals surface area contributed by atoms with Gasteiger partial charge in [-0.15, -0.1) is 0 Å². The Labute approximate surface area is 170 Å². The van der Waals surface area contributed by atoms with Crippen molar-refractivity contribution >= 4 is 26.7 Å². The van der Waals surface area contributed by atoms with Gasteiger partial charge in [0.15, 0.2) is 17.3 Å². The van der Waals surface area contributed by atoms with E-state index in [0.717, 1.165) is 21.3 Å². The molecule has 2 heterocycles. The molecule has 0 spiro atoms. The van der Waals surface area contributed by atoms with Crippen LogP contribution in [0.15, 0.2) is 90.0 Å². The predicted molar refractivity (Wildman–Crippen MR) is 116 cm³/mol. The number of thiazole rings is 1. The average Bonchev–Trinajstić information content (AvgIpc) is 3.34. The van der Waals surface area contributed by atoms with Gasteiger partial charge in [-0.25, -0.2) is 14.4 Å². The van der Waals surface area contributed by atoms with Crippen LogP contribution < -0.4 is 11.1 Å². The summed E-state index contributed by atoms with van der Waals surface area (Å²) < 4.78 is 19.8. The summed E-state index contributed by atoms with van der Waals surface area (Å²) in [4.78, 5) is 8.85. The van der Waals surface area contributed by atoms with E-state index in [4.69, 9.17) is 10.2 Å². The summed E-state index contributed by atoms with van der Waals surface area (Å²) in [6.45, 7) is 3.61. The van der Waals surface area contributed by atoms with Gasteiger partial charge in [-0.2, -0.15) is 0 Å². The third kappa shape index (κ3) is 4.09. The quantitative estimate of drug-likeness (QED) is 0.402. The summed E-state index contributed by atoms with van der Waals surface area (Å²) in [5.74, 6) is 0.810. The molecule has 0 aliphatic heterocycles. The Hall–Kier alpha value is -3.71. The lowest BCUT2D eigenvalue weighted by Crippen LogP contribution is -2.07. The fraction of sp³-hybridized carbons (Fsp3) is 0. The normalized spacial score (nSPS) is 12.0. The van der Waals surface area contributed by atoms with E-state index < -0.39 is 0 Å². The zero-order valence-electron chi connectivity index (χ0n) is 15.3. The van der Waals surface area contributed by atoms with E-state index >= 15 is 0 Å². The van der Waals surface area contributed by atoms with Crippen molar-refractivity contribution in [3.8, 4) is 22.6 Å². The molecule has 4 aromatic rings. The lowest BCUT2D eigenvalue weighted by atomic mass is 10.1. The van der Waals surface area contributed by atoms with Crippen molar-refractivity contribution in [2.24, 2.45) is 5.73 Å². The second-order valence-electron chi connectivity index (χ2n) is 6.11. The maximum Gasteiger partial charge on any atom is 0.189 e. The number of oxazole rings is 1. The van der Waals surface area contributed by atoms with Crippen LogP contribution in [0.4, 0.5) is 9.52 Å². The number of hydrogen-bond donors (Lipinski definition) is 2. The molecule has 2 aromatic heterocycles. The Morgan fingerprint density at radius 1 is 1.14 bits per heavy atom. The molecule has 29 heavy (non-hydrogen) atoms. The molecule has 0 saturated carbocycles. The first-order chi connectivity index (χ1) is 14.1.